The highest BCUT2D eigenvalue weighted by Gasteiger charge is 2.28. The maximum atomic E-state index is 12.1. The van der Waals surface area contributed by atoms with E-state index in [9.17, 15) is 14.7 Å². The Labute approximate surface area is 124 Å². The van der Waals surface area contributed by atoms with Crippen LogP contribution in [0, 0.1) is 0 Å². The molecule has 1 atom stereocenters. The lowest BCUT2D eigenvalue weighted by atomic mass is 10.1. The first-order valence-electron chi connectivity index (χ1n) is 6.94. The van der Waals surface area contributed by atoms with Gasteiger partial charge in [-0.05, 0) is 27.2 Å². The number of carbonyl (C=O) groups is 1. The van der Waals surface area contributed by atoms with E-state index in [0.717, 1.165) is 12.5 Å². The molecule has 0 radical (unpaired) electrons. The van der Waals surface area contributed by atoms with Crippen LogP contribution in [0.1, 0.15) is 52.3 Å². The molecule has 0 saturated heterocycles. The highest BCUT2D eigenvalue weighted by Crippen LogP contribution is 2.27. The molecule has 0 spiro atoms. The molecule has 1 rings (SSSR count). The van der Waals surface area contributed by atoms with E-state index in [0.29, 0.717) is 6.42 Å². The molecule has 6 nitrogen and oxygen atoms in total. The van der Waals surface area contributed by atoms with Crippen molar-refractivity contribution in [1.82, 2.24) is 4.90 Å². The van der Waals surface area contributed by atoms with Crippen LogP contribution in [0.2, 0.25) is 0 Å². The second-order valence-electron chi connectivity index (χ2n) is 5.93. The summed E-state index contributed by atoms with van der Waals surface area (Å²) < 4.78 is 10.4. The lowest BCUT2D eigenvalue weighted by Crippen LogP contribution is -2.36. The molecule has 0 aliphatic rings. The van der Waals surface area contributed by atoms with Crippen molar-refractivity contribution in [1.29, 1.82) is 0 Å². The Hall–Kier alpha value is -1.98. The summed E-state index contributed by atoms with van der Waals surface area (Å²) in [6.45, 7) is 7.29. The molecular weight excluding hydrogens is 274 g/mol. The third-order valence-electron chi connectivity index (χ3n) is 2.81. The van der Waals surface area contributed by atoms with E-state index in [4.69, 9.17) is 9.15 Å². The number of hydrogen-bond donors (Lipinski definition) is 1. The van der Waals surface area contributed by atoms with E-state index >= 15 is 0 Å². The van der Waals surface area contributed by atoms with Crippen LogP contribution in [0.3, 0.4) is 0 Å². The molecular formula is C15H23NO5. The summed E-state index contributed by atoms with van der Waals surface area (Å²) in [7, 11) is 1.58. The zero-order valence-electron chi connectivity index (χ0n) is 13.2. The Kier molecular flexibility index (Phi) is 5.41. The number of nitrogens with zero attached hydrogens (tertiary/aromatic N) is 1. The zero-order valence-corrected chi connectivity index (χ0v) is 13.2. The summed E-state index contributed by atoms with van der Waals surface area (Å²) in [4.78, 5) is 24.9. The van der Waals surface area contributed by atoms with Crippen molar-refractivity contribution < 1.29 is 19.1 Å². The second-order valence-corrected chi connectivity index (χ2v) is 5.93. The fraction of sp³-hybridized carbons (Fsp3) is 0.600. The third kappa shape index (κ3) is 5.13. The first kappa shape index (κ1) is 17.1. The molecule has 1 N–H and O–H groups in total. The number of rotatable bonds is 4. The average Bonchev–Trinajstić information content (AvgIpc) is 2.31. The van der Waals surface area contributed by atoms with E-state index in [-0.39, 0.29) is 11.5 Å². The maximum Gasteiger partial charge on any atom is 0.410 e. The van der Waals surface area contributed by atoms with Crippen LogP contribution in [-0.2, 0) is 4.74 Å². The number of hydrogen-bond acceptors (Lipinski definition) is 5. The van der Waals surface area contributed by atoms with Gasteiger partial charge in [-0.2, -0.15) is 0 Å². The Morgan fingerprint density at radius 3 is 2.52 bits per heavy atom. The maximum absolute atomic E-state index is 12.1. The van der Waals surface area contributed by atoms with Crippen LogP contribution >= 0.6 is 0 Å². The van der Waals surface area contributed by atoms with Gasteiger partial charge in [0.2, 0.25) is 0 Å². The van der Waals surface area contributed by atoms with Crippen LogP contribution < -0.4 is 5.63 Å². The van der Waals surface area contributed by atoms with Gasteiger partial charge in [0.05, 0.1) is 12.1 Å². The summed E-state index contributed by atoms with van der Waals surface area (Å²) in [5, 5.41) is 9.52. The molecule has 0 bridgehead atoms. The van der Waals surface area contributed by atoms with Crippen molar-refractivity contribution in [3.05, 3.63) is 28.3 Å². The zero-order chi connectivity index (χ0) is 16.2. The van der Waals surface area contributed by atoms with Crippen LogP contribution in [0.5, 0.6) is 5.75 Å². The minimum Gasteiger partial charge on any atom is -0.508 e. The van der Waals surface area contributed by atoms with Crippen molar-refractivity contribution in [3.8, 4) is 5.75 Å². The number of aromatic hydroxyl groups is 1. The molecule has 0 aliphatic heterocycles. The van der Waals surface area contributed by atoms with Gasteiger partial charge in [-0.1, -0.05) is 13.3 Å². The lowest BCUT2D eigenvalue weighted by Gasteiger charge is -2.30. The Bertz CT molecular complexity index is 544. The van der Waals surface area contributed by atoms with Gasteiger partial charge in [-0.3, -0.25) is 0 Å². The highest BCUT2D eigenvalue weighted by molar-refractivity contribution is 5.68. The van der Waals surface area contributed by atoms with E-state index < -0.39 is 23.4 Å². The minimum absolute atomic E-state index is 0.181. The fourth-order valence-corrected chi connectivity index (χ4v) is 1.91. The largest absolute Gasteiger partial charge is 0.508 e. The molecule has 0 saturated carbocycles. The average molecular weight is 297 g/mol. The molecule has 1 amide bonds. The first-order valence-corrected chi connectivity index (χ1v) is 6.94. The summed E-state index contributed by atoms with van der Waals surface area (Å²) >= 11 is 0. The van der Waals surface area contributed by atoms with Gasteiger partial charge in [-0.15, -0.1) is 0 Å². The predicted molar refractivity (Wildman–Crippen MR) is 78.3 cm³/mol. The van der Waals surface area contributed by atoms with Gasteiger partial charge >= 0.3 is 11.7 Å². The highest BCUT2D eigenvalue weighted by atomic mass is 16.6. The Morgan fingerprint density at radius 2 is 2.05 bits per heavy atom. The van der Waals surface area contributed by atoms with Crippen molar-refractivity contribution in [2.75, 3.05) is 7.05 Å². The van der Waals surface area contributed by atoms with Gasteiger partial charge in [0.15, 0.2) is 0 Å². The van der Waals surface area contributed by atoms with Gasteiger partial charge in [0.25, 0.3) is 0 Å². The lowest BCUT2D eigenvalue weighted by molar-refractivity contribution is 0.0188. The molecule has 1 heterocycles. The Morgan fingerprint density at radius 1 is 1.43 bits per heavy atom. The molecule has 6 heteroatoms. The summed E-state index contributed by atoms with van der Waals surface area (Å²) in [6.07, 6.45) is 0.853. The van der Waals surface area contributed by atoms with Gasteiger partial charge < -0.3 is 19.2 Å². The number of amides is 1. The van der Waals surface area contributed by atoms with Crippen LogP contribution in [0.25, 0.3) is 0 Å². The Balaban J connectivity index is 3.05. The normalized spacial score (nSPS) is 12.8. The van der Waals surface area contributed by atoms with Crippen LogP contribution in [0.4, 0.5) is 4.79 Å². The summed E-state index contributed by atoms with van der Waals surface area (Å²) in [6, 6.07) is 1.87. The smallest absolute Gasteiger partial charge is 0.410 e. The molecule has 21 heavy (non-hydrogen) atoms. The summed E-state index contributed by atoms with van der Waals surface area (Å²) in [5.74, 6) is 0.0650. The third-order valence-corrected chi connectivity index (χ3v) is 2.81. The van der Waals surface area contributed by atoms with E-state index in [1.54, 1.807) is 27.8 Å². The monoisotopic (exact) mass is 297 g/mol. The molecule has 0 aromatic carbocycles. The first-order chi connectivity index (χ1) is 9.64. The number of ether oxygens (including phenoxy) is 1. The van der Waals surface area contributed by atoms with Gasteiger partial charge in [-0.25, -0.2) is 9.59 Å². The van der Waals surface area contributed by atoms with Crippen molar-refractivity contribution >= 4 is 6.09 Å². The molecule has 0 aliphatic carbocycles. The van der Waals surface area contributed by atoms with Crippen molar-refractivity contribution in [2.24, 2.45) is 0 Å². The topological polar surface area (TPSA) is 80.0 Å². The molecule has 1 aromatic heterocycles. The van der Waals surface area contributed by atoms with E-state index in [1.807, 2.05) is 6.92 Å². The second kappa shape index (κ2) is 6.65. The molecule has 118 valence electrons. The number of carbonyl (C=O) groups excluding carboxylic acids is 1. The van der Waals surface area contributed by atoms with Gasteiger partial charge in [0, 0.05) is 13.1 Å². The standard InChI is InChI=1S/C15H23NO5/c1-6-7-11(12-8-10(17)9-13(18)20-12)16(5)14(19)21-15(2,3)4/h8-9,11,17H,6-7H2,1-5H3/t11-/m1/s1. The quantitative estimate of drug-likeness (QED) is 0.923. The minimum atomic E-state index is -0.649. The van der Waals surface area contributed by atoms with Crippen molar-refractivity contribution in [2.45, 2.75) is 52.2 Å². The SMILES string of the molecule is CCC[C@H](c1cc(O)cc(=O)o1)N(C)C(=O)OC(C)(C)C. The fourth-order valence-electron chi connectivity index (χ4n) is 1.91. The molecule has 0 unspecified atom stereocenters. The van der Waals surface area contributed by atoms with Crippen LogP contribution in [0.15, 0.2) is 21.3 Å². The molecule has 1 aromatic rings. The van der Waals surface area contributed by atoms with Crippen LogP contribution in [-0.4, -0.2) is 28.7 Å². The van der Waals surface area contributed by atoms with E-state index in [2.05, 4.69) is 0 Å². The van der Waals surface area contributed by atoms with E-state index in [1.165, 1.54) is 11.0 Å². The van der Waals surface area contributed by atoms with Gasteiger partial charge in [0.1, 0.15) is 17.1 Å². The molecule has 0 fully saturated rings. The summed E-state index contributed by atoms with van der Waals surface area (Å²) in [5.41, 5.74) is -1.26. The van der Waals surface area contributed by atoms with Crippen molar-refractivity contribution in [3.63, 3.8) is 0 Å². The predicted octanol–water partition coefficient (Wildman–Crippen LogP) is 3.05.